The molecule has 1 amide bonds. The number of nitrogens with zero attached hydrogens (tertiary/aromatic N) is 6. The molecule has 1 saturated heterocycles. The molecule has 35 heavy (non-hydrogen) atoms. The smallest absolute Gasteiger partial charge is 0.262 e. The van der Waals surface area contributed by atoms with E-state index in [0.29, 0.717) is 55.6 Å². The number of halogens is 2. The highest BCUT2D eigenvalue weighted by atomic mass is 32.2. The lowest BCUT2D eigenvalue weighted by Gasteiger charge is -2.36. The van der Waals surface area contributed by atoms with Crippen LogP contribution in [0.3, 0.4) is 0 Å². The summed E-state index contributed by atoms with van der Waals surface area (Å²) in [6.07, 6.45) is 0.702. The number of aromatic nitrogens is 4. The summed E-state index contributed by atoms with van der Waals surface area (Å²) in [6.45, 7) is 4.82. The van der Waals surface area contributed by atoms with Crippen LogP contribution in [0.15, 0.2) is 52.4 Å². The zero-order valence-electron chi connectivity index (χ0n) is 19.2. The molecular formula is C24H24F2N6O2S. The summed E-state index contributed by atoms with van der Waals surface area (Å²) >= 11 is 1.24. The van der Waals surface area contributed by atoms with Gasteiger partial charge in [-0.05, 0) is 48.9 Å². The van der Waals surface area contributed by atoms with Crippen molar-refractivity contribution in [3.8, 4) is 0 Å². The molecule has 1 fully saturated rings. The van der Waals surface area contributed by atoms with E-state index >= 15 is 0 Å². The second kappa shape index (κ2) is 9.65. The van der Waals surface area contributed by atoms with Crippen molar-refractivity contribution >= 4 is 40.0 Å². The van der Waals surface area contributed by atoms with Crippen LogP contribution in [0.25, 0.3) is 16.7 Å². The Hall–Kier alpha value is -3.47. The summed E-state index contributed by atoms with van der Waals surface area (Å²) in [7, 11) is 0. The molecule has 0 unspecified atom stereocenters. The van der Waals surface area contributed by atoms with Crippen LogP contribution >= 0.6 is 11.8 Å². The van der Waals surface area contributed by atoms with Crippen LogP contribution in [-0.4, -0.2) is 61.9 Å². The molecular weight excluding hydrogens is 474 g/mol. The summed E-state index contributed by atoms with van der Waals surface area (Å²) in [4.78, 5) is 29.8. The van der Waals surface area contributed by atoms with E-state index < -0.39 is 5.82 Å². The first-order valence-corrected chi connectivity index (χ1v) is 12.4. The van der Waals surface area contributed by atoms with E-state index in [9.17, 15) is 18.4 Å². The predicted molar refractivity (Wildman–Crippen MR) is 131 cm³/mol. The first-order chi connectivity index (χ1) is 17.0. The Bertz CT molecular complexity index is 1440. The number of aryl methyl sites for hydroxylation is 1. The van der Waals surface area contributed by atoms with Crippen molar-refractivity contribution < 1.29 is 13.6 Å². The molecule has 5 rings (SSSR count). The Labute approximate surface area is 204 Å². The second-order valence-electron chi connectivity index (χ2n) is 8.37. The molecule has 11 heteroatoms. The van der Waals surface area contributed by atoms with Gasteiger partial charge in [-0.1, -0.05) is 18.7 Å². The second-order valence-corrected chi connectivity index (χ2v) is 9.31. The lowest BCUT2D eigenvalue weighted by Crippen LogP contribution is -2.49. The fourth-order valence-electron chi connectivity index (χ4n) is 4.36. The molecule has 8 nitrogen and oxygen atoms in total. The maximum Gasteiger partial charge on any atom is 0.262 e. The van der Waals surface area contributed by atoms with E-state index in [-0.39, 0.29) is 28.4 Å². The zero-order chi connectivity index (χ0) is 24.5. The monoisotopic (exact) mass is 498 g/mol. The molecule has 0 aliphatic carbocycles. The minimum atomic E-state index is -0.491. The normalized spacial score (nSPS) is 14.3. The molecule has 0 radical (unpaired) electrons. The molecule has 0 saturated carbocycles. The third-order valence-electron chi connectivity index (χ3n) is 6.13. The van der Waals surface area contributed by atoms with Gasteiger partial charge in [-0.15, -0.1) is 10.2 Å². The summed E-state index contributed by atoms with van der Waals surface area (Å²) in [6, 6.07) is 10.4. The standard InChI is InChI=1S/C24H24F2N6O2S/c1-2-9-31-22(34)19-14-17(26)5-8-20(19)32-23(31)27-28-24(32)35-15-21(33)30-12-10-29(11-13-30)18-6-3-16(25)4-7-18/h3-8,14H,2,9-13,15H2,1H3. The van der Waals surface area contributed by atoms with Gasteiger partial charge in [-0.25, -0.2) is 8.78 Å². The topological polar surface area (TPSA) is 75.7 Å². The average molecular weight is 499 g/mol. The van der Waals surface area contributed by atoms with Crippen molar-refractivity contribution in [2.75, 3.05) is 36.8 Å². The molecule has 4 aromatic rings. The van der Waals surface area contributed by atoms with Gasteiger partial charge in [0.15, 0.2) is 5.16 Å². The minimum absolute atomic E-state index is 0.0252. The Morgan fingerprint density at radius 2 is 1.71 bits per heavy atom. The summed E-state index contributed by atoms with van der Waals surface area (Å²) < 4.78 is 30.3. The SMILES string of the molecule is CCCn1c(=O)c2cc(F)ccc2n2c(SCC(=O)N3CCN(c4ccc(F)cc4)CC3)nnc12. The minimum Gasteiger partial charge on any atom is -0.368 e. The van der Waals surface area contributed by atoms with Crippen LogP contribution in [-0.2, 0) is 11.3 Å². The van der Waals surface area contributed by atoms with Gasteiger partial charge in [0.1, 0.15) is 11.6 Å². The first kappa shape index (κ1) is 23.3. The molecule has 0 bridgehead atoms. The highest BCUT2D eigenvalue weighted by Crippen LogP contribution is 2.23. The Kier molecular flexibility index (Phi) is 6.42. The van der Waals surface area contributed by atoms with E-state index in [4.69, 9.17) is 0 Å². The number of fused-ring (bicyclic) bond motifs is 3. The highest BCUT2D eigenvalue weighted by Gasteiger charge is 2.23. The van der Waals surface area contributed by atoms with Crippen molar-refractivity contribution in [2.45, 2.75) is 25.0 Å². The van der Waals surface area contributed by atoms with Crippen molar-refractivity contribution in [2.24, 2.45) is 0 Å². The van der Waals surface area contributed by atoms with Crippen molar-refractivity contribution in [1.82, 2.24) is 24.1 Å². The number of carbonyl (C=O) groups is 1. The number of thioether (sulfide) groups is 1. The predicted octanol–water partition coefficient (Wildman–Crippen LogP) is 3.17. The van der Waals surface area contributed by atoms with Crippen molar-refractivity contribution in [1.29, 1.82) is 0 Å². The summed E-state index contributed by atoms with van der Waals surface area (Å²) in [5.74, 6) is -0.256. The number of benzene rings is 2. The van der Waals surface area contributed by atoms with Gasteiger partial charge in [0.25, 0.3) is 5.56 Å². The van der Waals surface area contributed by atoms with E-state index in [0.717, 1.165) is 5.69 Å². The van der Waals surface area contributed by atoms with E-state index in [1.54, 1.807) is 27.5 Å². The maximum absolute atomic E-state index is 13.9. The van der Waals surface area contributed by atoms with E-state index in [1.807, 2.05) is 6.92 Å². The fourth-order valence-corrected chi connectivity index (χ4v) is 5.20. The number of hydrogen-bond donors (Lipinski definition) is 0. The average Bonchev–Trinajstić information content (AvgIpc) is 3.29. The molecule has 0 N–H and O–H groups in total. The van der Waals surface area contributed by atoms with Crippen molar-refractivity contribution in [3.63, 3.8) is 0 Å². The number of rotatable bonds is 6. The molecule has 1 aliphatic heterocycles. The molecule has 2 aromatic carbocycles. The molecule has 0 spiro atoms. The Balaban J connectivity index is 1.33. The van der Waals surface area contributed by atoms with Gasteiger partial charge in [0.2, 0.25) is 11.7 Å². The molecule has 182 valence electrons. The molecule has 1 aliphatic rings. The van der Waals surface area contributed by atoms with E-state index in [2.05, 4.69) is 15.1 Å². The number of carbonyl (C=O) groups excluding carboxylic acids is 1. The van der Waals surface area contributed by atoms with Gasteiger partial charge in [-0.3, -0.25) is 18.6 Å². The van der Waals surface area contributed by atoms with Gasteiger partial charge >= 0.3 is 0 Å². The van der Waals surface area contributed by atoms with Crippen LogP contribution < -0.4 is 10.5 Å². The maximum atomic E-state index is 13.9. The lowest BCUT2D eigenvalue weighted by atomic mass is 10.2. The first-order valence-electron chi connectivity index (χ1n) is 11.4. The number of hydrogen-bond acceptors (Lipinski definition) is 6. The molecule has 3 heterocycles. The van der Waals surface area contributed by atoms with Crippen LogP contribution in [0.1, 0.15) is 13.3 Å². The Morgan fingerprint density at radius 3 is 2.43 bits per heavy atom. The van der Waals surface area contributed by atoms with Crippen LogP contribution in [0.4, 0.5) is 14.5 Å². The largest absolute Gasteiger partial charge is 0.368 e. The van der Waals surface area contributed by atoms with Gasteiger partial charge < -0.3 is 9.80 Å². The van der Waals surface area contributed by atoms with Crippen molar-refractivity contribution in [3.05, 3.63) is 64.5 Å². The third kappa shape index (κ3) is 4.47. The molecule has 0 atom stereocenters. The van der Waals surface area contributed by atoms with E-state index in [1.165, 1.54) is 40.6 Å². The quantitative estimate of drug-likeness (QED) is 0.380. The zero-order valence-corrected chi connectivity index (χ0v) is 20.0. The van der Waals surface area contributed by atoms with Crippen LogP contribution in [0.2, 0.25) is 0 Å². The van der Waals surface area contributed by atoms with Gasteiger partial charge in [0, 0.05) is 38.4 Å². The van der Waals surface area contributed by atoms with Gasteiger partial charge in [-0.2, -0.15) is 0 Å². The lowest BCUT2D eigenvalue weighted by molar-refractivity contribution is -0.128. The van der Waals surface area contributed by atoms with Gasteiger partial charge in [0.05, 0.1) is 16.7 Å². The number of piperazine rings is 1. The summed E-state index contributed by atoms with van der Waals surface area (Å²) in [5, 5.41) is 9.17. The Morgan fingerprint density at radius 1 is 1.00 bits per heavy atom. The molecule has 2 aromatic heterocycles. The fraction of sp³-hybridized carbons (Fsp3) is 0.333. The van der Waals surface area contributed by atoms with Crippen LogP contribution in [0, 0.1) is 11.6 Å². The van der Waals surface area contributed by atoms with Crippen LogP contribution in [0.5, 0.6) is 0 Å². The highest BCUT2D eigenvalue weighted by molar-refractivity contribution is 7.99. The number of amides is 1. The summed E-state index contributed by atoms with van der Waals surface area (Å²) in [5.41, 5.74) is 1.13. The number of anilines is 1. The third-order valence-corrected chi connectivity index (χ3v) is 7.04.